The molecule has 0 aliphatic heterocycles. The van der Waals surface area contributed by atoms with Crippen molar-refractivity contribution in [1.29, 1.82) is 0 Å². The zero-order chi connectivity index (χ0) is 14.4. The molecule has 0 bridgehead atoms. The molecular weight excluding hydrogens is 338 g/mol. The quantitative estimate of drug-likeness (QED) is 0.822. The van der Waals surface area contributed by atoms with E-state index in [1.165, 1.54) is 16.7 Å². The molecule has 2 aromatic rings. The third-order valence-electron chi connectivity index (χ3n) is 3.05. The summed E-state index contributed by atoms with van der Waals surface area (Å²) in [5.41, 5.74) is 3.65. The van der Waals surface area contributed by atoms with Gasteiger partial charge < -0.3 is 10.1 Å². The number of benzene rings is 2. The molecular formula is C16H17BrClNO. The molecule has 106 valence electrons. The molecule has 0 heterocycles. The van der Waals surface area contributed by atoms with Crippen LogP contribution < -0.4 is 5.32 Å². The summed E-state index contributed by atoms with van der Waals surface area (Å²) in [4.78, 5) is 0. The lowest BCUT2D eigenvalue weighted by Gasteiger charge is -2.10. The molecule has 0 amide bonds. The van der Waals surface area contributed by atoms with Gasteiger partial charge in [0.2, 0.25) is 0 Å². The summed E-state index contributed by atoms with van der Waals surface area (Å²) in [6.07, 6.45) is 0. The summed E-state index contributed by atoms with van der Waals surface area (Å²) in [5.74, 6) is 0. The van der Waals surface area contributed by atoms with Gasteiger partial charge in [-0.2, -0.15) is 0 Å². The van der Waals surface area contributed by atoms with E-state index in [2.05, 4.69) is 39.4 Å². The van der Waals surface area contributed by atoms with Crippen LogP contribution in [-0.4, -0.2) is 7.11 Å². The average molecular weight is 355 g/mol. The van der Waals surface area contributed by atoms with Gasteiger partial charge in [-0.05, 0) is 44.8 Å². The van der Waals surface area contributed by atoms with Gasteiger partial charge in [0, 0.05) is 24.7 Å². The van der Waals surface area contributed by atoms with Crippen LogP contribution in [0.25, 0.3) is 0 Å². The number of ether oxygens (including phenoxy) is 1. The maximum atomic E-state index is 6.09. The number of hydrogen-bond donors (Lipinski definition) is 1. The minimum atomic E-state index is 0.641. The van der Waals surface area contributed by atoms with Gasteiger partial charge >= 0.3 is 0 Å². The van der Waals surface area contributed by atoms with E-state index in [1.54, 1.807) is 7.11 Å². The predicted molar refractivity (Wildman–Crippen MR) is 86.9 cm³/mol. The molecule has 2 rings (SSSR count). The fraction of sp³-hybridized carbons (Fsp3) is 0.250. The third-order valence-corrected chi connectivity index (χ3v) is 4.28. The molecule has 0 aromatic heterocycles. The molecule has 0 aliphatic rings. The standard InChI is InChI=1S/C16H17BrClNO/c1-20-11-14-5-3-2-4-13(14)10-19-9-12-6-7-15(17)16(18)8-12/h2-8,19H,9-11H2,1H3. The lowest BCUT2D eigenvalue weighted by atomic mass is 10.1. The first-order valence-electron chi connectivity index (χ1n) is 6.41. The second-order valence-electron chi connectivity index (χ2n) is 4.55. The Kier molecular flexibility index (Phi) is 6.05. The highest BCUT2D eigenvalue weighted by molar-refractivity contribution is 9.10. The Morgan fingerprint density at radius 1 is 1.10 bits per heavy atom. The minimum Gasteiger partial charge on any atom is -0.380 e. The number of nitrogens with one attached hydrogen (secondary N) is 1. The number of halogens is 2. The van der Waals surface area contributed by atoms with E-state index < -0.39 is 0 Å². The van der Waals surface area contributed by atoms with Gasteiger partial charge in [-0.3, -0.25) is 0 Å². The van der Waals surface area contributed by atoms with Crippen molar-refractivity contribution >= 4 is 27.5 Å². The largest absolute Gasteiger partial charge is 0.380 e. The molecule has 2 aromatic carbocycles. The highest BCUT2D eigenvalue weighted by atomic mass is 79.9. The van der Waals surface area contributed by atoms with E-state index in [9.17, 15) is 0 Å². The number of methoxy groups -OCH3 is 1. The van der Waals surface area contributed by atoms with Gasteiger partial charge in [0.15, 0.2) is 0 Å². The Morgan fingerprint density at radius 2 is 1.85 bits per heavy atom. The Morgan fingerprint density at radius 3 is 2.55 bits per heavy atom. The third kappa shape index (κ3) is 4.32. The van der Waals surface area contributed by atoms with E-state index >= 15 is 0 Å². The van der Waals surface area contributed by atoms with Gasteiger partial charge in [-0.15, -0.1) is 0 Å². The normalized spacial score (nSPS) is 10.8. The van der Waals surface area contributed by atoms with Crippen LogP contribution in [0.3, 0.4) is 0 Å². The Labute approximate surface area is 133 Å². The van der Waals surface area contributed by atoms with E-state index in [0.29, 0.717) is 6.61 Å². The maximum Gasteiger partial charge on any atom is 0.0716 e. The second kappa shape index (κ2) is 7.79. The highest BCUT2D eigenvalue weighted by Crippen LogP contribution is 2.23. The summed E-state index contributed by atoms with van der Waals surface area (Å²) in [6, 6.07) is 14.3. The minimum absolute atomic E-state index is 0.641. The monoisotopic (exact) mass is 353 g/mol. The van der Waals surface area contributed by atoms with Crippen LogP contribution in [0, 0.1) is 0 Å². The average Bonchev–Trinajstić information content (AvgIpc) is 2.45. The molecule has 0 saturated carbocycles. The first kappa shape index (κ1) is 15.5. The molecule has 0 saturated heterocycles. The van der Waals surface area contributed by atoms with Crippen LogP contribution in [-0.2, 0) is 24.4 Å². The smallest absolute Gasteiger partial charge is 0.0716 e. The Bertz CT molecular complexity index is 574. The van der Waals surface area contributed by atoms with E-state index in [0.717, 1.165) is 22.6 Å². The predicted octanol–water partition coefficient (Wildman–Crippen LogP) is 4.54. The van der Waals surface area contributed by atoms with Gasteiger partial charge in [-0.1, -0.05) is 41.9 Å². The topological polar surface area (TPSA) is 21.3 Å². The van der Waals surface area contributed by atoms with E-state index in [-0.39, 0.29) is 0 Å². The van der Waals surface area contributed by atoms with Gasteiger partial charge in [0.25, 0.3) is 0 Å². The van der Waals surface area contributed by atoms with Gasteiger partial charge in [-0.25, -0.2) is 0 Å². The van der Waals surface area contributed by atoms with Crippen LogP contribution in [0.5, 0.6) is 0 Å². The summed E-state index contributed by atoms with van der Waals surface area (Å²) in [5, 5.41) is 4.17. The highest BCUT2D eigenvalue weighted by Gasteiger charge is 2.02. The molecule has 0 unspecified atom stereocenters. The lowest BCUT2D eigenvalue weighted by molar-refractivity contribution is 0.184. The van der Waals surface area contributed by atoms with E-state index in [4.69, 9.17) is 16.3 Å². The molecule has 2 nitrogen and oxygen atoms in total. The van der Waals surface area contributed by atoms with Crippen molar-refractivity contribution in [2.24, 2.45) is 0 Å². The molecule has 0 spiro atoms. The van der Waals surface area contributed by atoms with Crippen molar-refractivity contribution in [2.45, 2.75) is 19.7 Å². The summed E-state index contributed by atoms with van der Waals surface area (Å²) in [6.45, 7) is 2.24. The van der Waals surface area contributed by atoms with Gasteiger partial charge in [0.05, 0.1) is 11.6 Å². The van der Waals surface area contributed by atoms with Crippen LogP contribution in [0.4, 0.5) is 0 Å². The molecule has 4 heteroatoms. The van der Waals surface area contributed by atoms with Crippen LogP contribution in [0.2, 0.25) is 5.02 Å². The molecule has 0 aliphatic carbocycles. The van der Waals surface area contributed by atoms with E-state index in [1.807, 2.05) is 24.3 Å². The van der Waals surface area contributed by atoms with Crippen LogP contribution >= 0.6 is 27.5 Å². The molecule has 0 radical (unpaired) electrons. The summed E-state index contributed by atoms with van der Waals surface area (Å²) in [7, 11) is 1.72. The Balaban J connectivity index is 1.94. The molecule has 0 fully saturated rings. The van der Waals surface area contributed by atoms with Crippen LogP contribution in [0.15, 0.2) is 46.9 Å². The fourth-order valence-corrected chi connectivity index (χ4v) is 2.47. The molecule has 1 N–H and O–H groups in total. The van der Waals surface area contributed by atoms with Crippen molar-refractivity contribution in [3.63, 3.8) is 0 Å². The second-order valence-corrected chi connectivity index (χ2v) is 5.82. The van der Waals surface area contributed by atoms with Crippen LogP contribution in [0.1, 0.15) is 16.7 Å². The van der Waals surface area contributed by atoms with Crippen molar-refractivity contribution in [2.75, 3.05) is 7.11 Å². The molecule has 20 heavy (non-hydrogen) atoms. The van der Waals surface area contributed by atoms with Crippen molar-refractivity contribution in [1.82, 2.24) is 5.32 Å². The number of rotatable bonds is 6. The van der Waals surface area contributed by atoms with Crippen molar-refractivity contribution in [3.05, 3.63) is 68.7 Å². The first-order valence-corrected chi connectivity index (χ1v) is 7.58. The van der Waals surface area contributed by atoms with Crippen molar-refractivity contribution in [3.8, 4) is 0 Å². The van der Waals surface area contributed by atoms with Crippen molar-refractivity contribution < 1.29 is 4.74 Å². The maximum absolute atomic E-state index is 6.09. The lowest BCUT2D eigenvalue weighted by Crippen LogP contribution is -2.14. The first-order chi connectivity index (χ1) is 9.70. The molecule has 0 atom stereocenters. The SMILES string of the molecule is COCc1ccccc1CNCc1ccc(Br)c(Cl)c1. The summed E-state index contributed by atoms with van der Waals surface area (Å²) < 4.78 is 6.14. The zero-order valence-corrected chi connectivity index (χ0v) is 13.7. The number of hydrogen-bond acceptors (Lipinski definition) is 2. The Hall–Kier alpha value is -0.870. The fourth-order valence-electron chi connectivity index (χ4n) is 2.02. The van der Waals surface area contributed by atoms with Gasteiger partial charge in [0.1, 0.15) is 0 Å². The summed E-state index contributed by atoms with van der Waals surface area (Å²) >= 11 is 9.48. The zero-order valence-electron chi connectivity index (χ0n) is 11.3.